The molecule has 0 aromatic heterocycles. The third-order valence-corrected chi connectivity index (χ3v) is 6.76. The molecule has 3 aromatic rings. The number of thioether (sulfide) groups is 1. The number of fused-ring (bicyclic) bond motifs is 3. The molecule has 7 heteroatoms. The molecule has 5 rings (SSSR count). The number of anilines is 1. The van der Waals surface area contributed by atoms with Crippen LogP contribution in [0.25, 0.3) is 0 Å². The first-order valence-electron chi connectivity index (χ1n) is 11.2. The number of hydrogen-bond acceptors (Lipinski definition) is 5. The van der Waals surface area contributed by atoms with Crippen LogP contribution in [0.5, 0.6) is 0 Å². The monoisotopic (exact) mass is 468 g/mol. The van der Waals surface area contributed by atoms with Crippen molar-refractivity contribution in [3.63, 3.8) is 0 Å². The Hall–Kier alpha value is -3.71. The highest BCUT2D eigenvalue weighted by Crippen LogP contribution is 2.37. The lowest BCUT2D eigenvalue weighted by Crippen LogP contribution is -2.41. The van der Waals surface area contributed by atoms with Crippen molar-refractivity contribution in [3.05, 3.63) is 95.6 Å². The summed E-state index contributed by atoms with van der Waals surface area (Å²) in [6, 6.07) is 24.5. The lowest BCUT2D eigenvalue weighted by atomic mass is 10.1. The topological polar surface area (TPSA) is 65.3 Å². The largest absolute Gasteiger partial charge is 0.312 e. The van der Waals surface area contributed by atoms with Crippen molar-refractivity contribution in [3.8, 4) is 0 Å². The van der Waals surface area contributed by atoms with Gasteiger partial charge in [0.2, 0.25) is 5.91 Å². The van der Waals surface area contributed by atoms with E-state index in [4.69, 9.17) is 9.98 Å². The van der Waals surface area contributed by atoms with Crippen molar-refractivity contribution in [1.29, 1.82) is 0 Å². The maximum Gasteiger partial charge on any atom is 0.263 e. The van der Waals surface area contributed by atoms with Crippen LogP contribution in [0.3, 0.4) is 0 Å². The van der Waals surface area contributed by atoms with Gasteiger partial charge in [0.05, 0.1) is 11.4 Å². The van der Waals surface area contributed by atoms with Gasteiger partial charge in [-0.05, 0) is 49.2 Å². The Bertz CT molecular complexity index is 1320. The van der Waals surface area contributed by atoms with Gasteiger partial charge in [-0.25, -0.2) is 14.9 Å². The number of aliphatic imine (C=N–C) groups is 2. The van der Waals surface area contributed by atoms with Crippen molar-refractivity contribution < 1.29 is 9.59 Å². The molecule has 34 heavy (non-hydrogen) atoms. The molecule has 2 aliphatic heterocycles. The van der Waals surface area contributed by atoms with E-state index in [1.54, 1.807) is 9.80 Å². The zero-order valence-corrected chi connectivity index (χ0v) is 19.8. The summed E-state index contributed by atoms with van der Waals surface area (Å²) >= 11 is 1.27. The zero-order chi connectivity index (χ0) is 23.7. The summed E-state index contributed by atoms with van der Waals surface area (Å²) in [5.74, 6) is 0.561. The molecule has 0 N–H and O–H groups in total. The van der Waals surface area contributed by atoms with E-state index in [1.807, 2.05) is 92.7 Å². The van der Waals surface area contributed by atoms with Crippen LogP contribution in [0, 0.1) is 6.92 Å². The number of amidine groups is 2. The highest BCUT2D eigenvalue weighted by Gasteiger charge is 2.42. The number of para-hydroxylation sites is 1. The molecule has 170 valence electrons. The molecule has 0 saturated carbocycles. The van der Waals surface area contributed by atoms with Crippen molar-refractivity contribution in [2.24, 2.45) is 9.98 Å². The second-order valence-corrected chi connectivity index (χ2v) is 9.06. The number of benzene rings is 3. The van der Waals surface area contributed by atoms with E-state index >= 15 is 0 Å². The van der Waals surface area contributed by atoms with Crippen molar-refractivity contribution >= 4 is 46.0 Å². The van der Waals surface area contributed by atoms with Crippen LogP contribution in [0.15, 0.2) is 88.8 Å². The fraction of sp³-hybridized carbons (Fsp3) is 0.185. The molecular formula is C27H24N4O2S. The third-order valence-electron chi connectivity index (χ3n) is 5.84. The Kier molecular flexibility index (Phi) is 6.02. The number of aryl methyl sites for hydroxylation is 1. The fourth-order valence-corrected chi connectivity index (χ4v) is 5.08. The quantitative estimate of drug-likeness (QED) is 0.523. The van der Waals surface area contributed by atoms with Gasteiger partial charge in [-0.1, -0.05) is 66.4 Å². The number of amides is 2. The Labute approximate surface area is 203 Å². The molecular weight excluding hydrogens is 444 g/mol. The Morgan fingerprint density at radius 3 is 2.56 bits per heavy atom. The second kappa shape index (κ2) is 9.27. The molecule has 0 saturated heterocycles. The first-order valence-corrected chi connectivity index (χ1v) is 12.2. The lowest BCUT2D eigenvalue weighted by Gasteiger charge is -2.26. The van der Waals surface area contributed by atoms with E-state index in [0.29, 0.717) is 17.5 Å². The van der Waals surface area contributed by atoms with Crippen LogP contribution in [0.1, 0.15) is 29.7 Å². The predicted octanol–water partition coefficient (Wildman–Crippen LogP) is 5.11. The number of rotatable bonds is 5. The van der Waals surface area contributed by atoms with Crippen LogP contribution in [-0.2, 0) is 9.59 Å². The Morgan fingerprint density at radius 1 is 1.03 bits per heavy atom. The molecule has 0 aliphatic carbocycles. The average Bonchev–Trinajstić information content (AvgIpc) is 3.21. The SMILES string of the molecule is CCN(C(=O)CSC1=Nc2ccccc2C2=N[C@H](c3ccccc3)C(=O)N12)c1cccc(C)c1. The first kappa shape index (κ1) is 22.1. The summed E-state index contributed by atoms with van der Waals surface area (Å²) in [6.45, 7) is 4.52. The number of carbonyl (C=O) groups excluding carboxylic acids is 2. The van der Waals surface area contributed by atoms with Gasteiger partial charge in [0.1, 0.15) is 5.84 Å². The predicted molar refractivity (Wildman–Crippen MR) is 138 cm³/mol. The van der Waals surface area contributed by atoms with Gasteiger partial charge in [-0.3, -0.25) is 9.59 Å². The van der Waals surface area contributed by atoms with Crippen LogP contribution < -0.4 is 4.90 Å². The maximum atomic E-state index is 13.5. The minimum absolute atomic E-state index is 0.0376. The van der Waals surface area contributed by atoms with Gasteiger partial charge >= 0.3 is 0 Å². The average molecular weight is 469 g/mol. The second-order valence-electron chi connectivity index (χ2n) is 8.12. The molecule has 3 aromatic carbocycles. The molecule has 2 heterocycles. The summed E-state index contributed by atoms with van der Waals surface area (Å²) in [4.78, 5) is 39.5. The van der Waals surface area contributed by atoms with E-state index in [1.165, 1.54) is 11.8 Å². The standard InChI is InChI=1S/C27H24N4O2S/c1-3-30(20-13-9-10-18(2)16-20)23(32)17-34-27-28-22-15-8-7-14-21(22)25-29-24(26(33)31(25)27)19-11-5-4-6-12-19/h4-16,24H,3,17H2,1-2H3/t24-/m1/s1. The third kappa shape index (κ3) is 4.03. The van der Waals surface area contributed by atoms with E-state index in [9.17, 15) is 9.59 Å². The molecule has 0 radical (unpaired) electrons. The minimum atomic E-state index is -0.622. The van der Waals surface area contributed by atoms with Gasteiger partial charge in [0.25, 0.3) is 5.91 Å². The van der Waals surface area contributed by atoms with E-state index < -0.39 is 6.04 Å². The Morgan fingerprint density at radius 2 is 1.79 bits per heavy atom. The fourth-order valence-electron chi connectivity index (χ4n) is 4.20. The van der Waals surface area contributed by atoms with Gasteiger partial charge in [0.15, 0.2) is 11.2 Å². The highest BCUT2D eigenvalue weighted by atomic mass is 32.2. The summed E-state index contributed by atoms with van der Waals surface area (Å²) < 4.78 is 0. The molecule has 0 bridgehead atoms. The molecule has 1 atom stereocenters. The number of carbonyl (C=O) groups is 2. The van der Waals surface area contributed by atoms with E-state index in [-0.39, 0.29) is 17.6 Å². The van der Waals surface area contributed by atoms with E-state index in [0.717, 1.165) is 28.1 Å². The number of nitrogens with zero attached hydrogens (tertiary/aromatic N) is 4. The van der Waals surface area contributed by atoms with Crippen molar-refractivity contribution in [2.45, 2.75) is 19.9 Å². The molecule has 0 spiro atoms. The molecule has 0 fully saturated rings. The van der Waals surface area contributed by atoms with Crippen molar-refractivity contribution in [1.82, 2.24) is 4.90 Å². The molecule has 2 amide bonds. The highest BCUT2D eigenvalue weighted by molar-refractivity contribution is 8.14. The minimum Gasteiger partial charge on any atom is -0.312 e. The zero-order valence-electron chi connectivity index (χ0n) is 19.0. The van der Waals surface area contributed by atoms with Crippen LogP contribution in [0.2, 0.25) is 0 Å². The smallest absolute Gasteiger partial charge is 0.263 e. The van der Waals surface area contributed by atoms with Crippen LogP contribution in [-0.4, -0.2) is 40.0 Å². The first-order chi connectivity index (χ1) is 16.6. The Balaban J connectivity index is 1.43. The summed E-state index contributed by atoms with van der Waals surface area (Å²) in [5, 5.41) is 0.481. The molecule has 6 nitrogen and oxygen atoms in total. The van der Waals surface area contributed by atoms with Gasteiger partial charge in [0, 0.05) is 17.8 Å². The normalized spacial score (nSPS) is 16.5. The van der Waals surface area contributed by atoms with Crippen LogP contribution in [0.4, 0.5) is 11.4 Å². The van der Waals surface area contributed by atoms with Crippen LogP contribution >= 0.6 is 11.8 Å². The van der Waals surface area contributed by atoms with Gasteiger partial charge in [-0.2, -0.15) is 0 Å². The molecule has 0 unspecified atom stereocenters. The number of hydrogen-bond donors (Lipinski definition) is 0. The van der Waals surface area contributed by atoms with Gasteiger partial charge < -0.3 is 4.90 Å². The maximum absolute atomic E-state index is 13.5. The van der Waals surface area contributed by atoms with Gasteiger partial charge in [-0.15, -0.1) is 0 Å². The summed E-state index contributed by atoms with van der Waals surface area (Å²) in [7, 11) is 0. The summed E-state index contributed by atoms with van der Waals surface area (Å²) in [6.07, 6.45) is 0. The van der Waals surface area contributed by atoms with E-state index in [2.05, 4.69) is 0 Å². The summed E-state index contributed by atoms with van der Waals surface area (Å²) in [5.41, 5.74) is 4.37. The van der Waals surface area contributed by atoms with Crippen molar-refractivity contribution in [2.75, 3.05) is 17.2 Å². The lowest BCUT2D eigenvalue weighted by molar-refractivity contribution is -0.124. The molecule has 2 aliphatic rings.